The molecule has 1 aromatic carbocycles. The van der Waals surface area contributed by atoms with Crippen molar-refractivity contribution in [2.45, 2.75) is 30.4 Å². The van der Waals surface area contributed by atoms with Gasteiger partial charge in [-0.2, -0.15) is 9.61 Å². The number of carbonyl (C=O) groups excluding carboxylic acids is 1. The molecule has 0 aliphatic carbocycles. The highest BCUT2D eigenvalue weighted by molar-refractivity contribution is 7.98. The van der Waals surface area contributed by atoms with Gasteiger partial charge < -0.3 is 5.32 Å². The van der Waals surface area contributed by atoms with Gasteiger partial charge in [-0.1, -0.05) is 43.4 Å². The van der Waals surface area contributed by atoms with Crippen LogP contribution in [0.5, 0.6) is 0 Å². The first kappa shape index (κ1) is 19.8. The minimum absolute atomic E-state index is 0.128. The highest BCUT2D eigenvalue weighted by atomic mass is 32.2. The standard InChI is InChI=1S/C20H18N4O2S3/c1-12(2)19-23-24-17(25)10-13(21-20(24)29-19)11-28-15-7-4-3-6-14(15)22-18(26)16-8-5-9-27-16/h3-10,12H,11H2,1-2H3,(H,22,26). The number of nitrogens with zero attached hydrogens (tertiary/aromatic N) is 3. The third-order valence-corrected chi connectivity index (χ3v) is 7.25. The molecule has 4 rings (SSSR count). The molecule has 1 amide bonds. The maximum atomic E-state index is 12.4. The Kier molecular flexibility index (Phi) is 5.79. The summed E-state index contributed by atoms with van der Waals surface area (Å²) in [5.41, 5.74) is 1.26. The van der Waals surface area contributed by atoms with Crippen LogP contribution in [0, 0.1) is 0 Å². The Morgan fingerprint density at radius 1 is 1.24 bits per heavy atom. The number of benzene rings is 1. The summed E-state index contributed by atoms with van der Waals surface area (Å²) in [6, 6.07) is 12.8. The fourth-order valence-electron chi connectivity index (χ4n) is 2.62. The molecular weight excluding hydrogens is 424 g/mol. The van der Waals surface area contributed by atoms with Crippen LogP contribution in [0.1, 0.15) is 40.1 Å². The zero-order valence-corrected chi connectivity index (χ0v) is 18.2. The van der Waals surface area contributed by atoms with E-state index in [0.717, 1.165) is 15.6 Å². The number of amides is 1. The average molecular weight is 443 g/mol. The number of hydrogen-bond donors (Lipinski definition) is 1. The van der Waals surface area contributed by atoms with E-state index in [9.17, 15) is 9.59 Å². The quantitative estimate of drug-likeness (QED) is 0.431. The van der Waals surface area contributed by atoms with Crippen molar-refractivity contribution in [2.24, 2.45) is 0 Å². The van der Waals surface area contributed by atoms with Crippen molar-refractivity contribution in [1.82, 2.24) is 14.6 Å². The number of aromatic nitrogens is 3. The van der Waals surface area contributed by atoms with Crippen LogP contribution in [0.2, 0.25) is 0 Å². The minimum atomic E-state index is -0.173. The van der Waals surface area contributed by atoms with E-state index in [-0.39, 0.29) is 17.4 Å². The number of carbonyl (C=O) groups is 1. The van der Waals surface area contributed by atoms with E-state index in [2.05, 4.69) is 15.4 Å². The number of fused-ring (bicyclic) bond motifs is 1. The van der Waals surface area contributed by atoms with Gasteiger partial charge in [0.25, 0.3) is 11.5 Å². The molecule has 0 atom stereocenters. The summed E-state index contributed by atoms with van der Waals surface area (Å²) < 4.78 is 1.36. The van der Waals surface area contributed by atoms with Gasteiger partial charge >= 0.3 is 0 Å². The molecule has 6 nitrogen and oxygen atoms in total. The molecule has 0 bridgehead atoms. The van der Waals surface area contributed by atoms with Crippen LogP contribution in [-0.4, -0.2) is 20.5 Å². The Labute approximate surface area is 179 Å². The molecule has 0 aliphatic heterocycles. The van der Waals surface area contributed by atoms with Crippen LogP contribution >= 0.6 is 34.4 Å². The molecule has 3 aromatic heterocycles. The molecule has 0 radical (unpaired) electrons. The molecule has 29 heavy (non-hydrogen) atoms. The molecule has 0 aliphatic rings. The minimum Gasteiger partial charge on any atom is -0.320 e. The highest BCUT2D eigenvalue weighted by Gasteiger charge is 2.13. The Balaban J connectivity index is 1.53. The Morgan fingerprint density at radius 3 is 2.83 bits per heavy atom. The molecular formula is C20H18N4O2S3. The van der Waals surface area contributed by atoms with Gasteiger partial charge in [-0.15, -0.1) is 23.1 Å². The predicted molar refractivity (Wildman–Crippen MR) is 119 cm³/mol. The third-order valence-electron chi connectivity index (χ3n) is 4.06. The Bertz CT molecular complexity index is 1210. The lowest BCUT2D eigenvalue weighted by molar-refractivity contribution is 0.103. The summed E-state index contributed by atoms with van der Waals surface area (Å²) in [7, 11) is 0. The molecule has 148 valence electrons. The second-order valence-electron chi connectivity index (χ2n) is 6.59. The Morgan fingerprint density at radius 2 is 2.07 bits per heavy atom. The summed E-state index contributed by atoms with van der Waals surface area (Å²) in [5.74, 6) is 0.640. The molecule has 0 unspecified atom stereocenters. The molecule has 0 saturated carbocycles. The summed E-state index contributed by atoms with van der Waals surface area (Å²) in [5, 5.41) is 10.1. The molecule has 0 fully saturated rings. The predicted octanol–water partition coefficient (Wildman–Crippen LogP) is 4.88. The van der Waals surface area contributed by atoms with Crippen molar-refractivity contribution in [3.8, 4) is 0 Å². The van der Waals surface area contributed by atoms with Crippen LogP contribution in [0.25, 0.3) is 4.96 Å². The topological polar surface area (TPSA) is 76.4 Å². The van der Waals surface area contributed by atoms with E-state index < -0.39 is 0 Å². The van der Waals surface area contributed by atoms with Gasteiger partial charge in [-0.3, -0.25) is 9.59 Å². The number of thiophene rings is 1. The summed E-state index contributed by atoms with van der Waals surface area (Å²) in [6.07, 6.45) is 0. The van der Waals surface area contributed by atoms with Gasteiger partial charge in [0.05, 0.1) is 16.3 Å². The number of para-hydroxylation sites is 1. The van der Waals surface area contributed by atoms with Crippen LogP contribution in [0.15, 0.2) is 57.5 Å². The first-order valence-corrected chi connectivity index (χ1v) is 11.7. The zero-order chi connectivity index (χ0) is 20.4. The smallest absolute Gasteiger partial charge is 0.275 e. The van der Waals surface area contributed by atoms with Gasteiger partial charge in [0.1, 0.15) is 5.01 Å². The van der Waals surface area contributed by atoms with Crippen LogP contribution in [0.3, 0.4) is 0 Å². The molecule has 0 saturated heterocycles. The number of rotatable bonds is 6. The molecule has 0 spiro atoms. The van der Waals surface area contributed by atoms with Gasteiger partial charge in [-0.25, -0.2) is 4.98 Å². The van der Waals surface area contributed by atoms with Crippen molar-refractivity contribution >= 4 is 51.0 Å². The lowest BCUT2D eigenvalue weighted by Crippen LogP contribution is -2.15. The largest absolute Gasteiger partial charge is 0.320 e. The lowest BCUT2D eigenvalue weighted by atomic mass is 10.2. The monoisotopic (exact) mass is 442 g/mol. The van der Waals surface area contributed by atoms with E-state index in [1.54, 1.807) is 6.07 Å². The Hall–Kier alpha value is -2.49. The molecule has 1 N–H and O–H groups in total. The summed E-state index contributed by atoms with van der Waals surface area (Å²) in [4.78, 5) is 31.6. The normalized spacial score (nSPS) is 11.3. The second-order valence-corrected chi connectivity index (χ2v) is 9.54. The first-order valence-electron chi connectivity index (χ1n) is 8.97. The van der Waals surface area contributed by atoms with Crippen molar-refractivity contribution in [2.75, 3.05) is 5.32 Å². The van der Waals surface area contributed by atoms with E-state index in [1.165, 1.54) is 45.0 Å². The molecule has 4 aromatic rings. The van der Waals surface area contributed by atoms with Crippen molar-refractivity contribution in [3.63, 3.8) is 0 Å². The van der Waals surface area contributed by atoms with Crippen molar-refractivity contribution < 1.29 is 4.79 Å². The molecule has 3 heterocycles. The van der Waals surface area contributed by atoms with E-state index in [1.807, 2.05) is 49.6 Å². The second kappa shape index (κ2) is 8.48. The van der Waals surface area contributed by atoms with Gasteiger partial charge in [0.15, 0.2) is 0 Å². The highest BCUT2D eigenvalue weighted by Crippen LogP contribution is 2.30. The maximum Gasteiger partial charge on any atom is 0.275 e. The zero-order valence-electron chi connectivity index (χ0n) is 15.8. The fraction of sp³-hybridized carbons (Fsp3) is 0.200. The van der Waals surface area contributed by atoms with Crippen LogP contribution in [0.4, 0.5) is 5.69 Å². The van der Waals surface area contributed by atoms with Crippen LogP contribution in [-0.2, 0) is 5.75 Å². The first-order chi connectivity index (χ1) is 14.0. The van der Waals surface area contributed by atoms with Crippen molar-refractivity contribution in [1.29, 1.82) is 0 Å². The van der Waals surface area contributed by atoms with Crippen molar-refractivity contribution in [3.05, 3.63) is 73.8 Å². The van der Waals surface area contributed by atoms with Crippen LogP contribution < -0.4 is 10.9 Å². The number of anilines is 1. The average Bonchev–Trinajstić information content (AvgIpc) is 3.37. The van der Waals surface area contributed by atoms with E-state index in [0.29, 0.717) is 21.3 Å². The van der Waals surface area contributed by atoms with E-state index in [4.69, 9.17) is 0 Å². The summed E-state index contributed by atoms with van der Waals surface area (Å²) >= 11 is 4.38. The van der Waals surface area contributed by atoms with Gasteiger partial charge in [0.2, 0.25) is 4.96 Å². The SMILES string of the molecule is CC(C)c1nn2c(=O)cc(CSc3ccccc3NC(=O)c3cccs3)nc2s1. The lowest BCUT2D eigenvalue weighted by Gasteiger charge is -2.10. The van der Waals surface area contributed by atoms with Gasteiger partial charge in [0, 0.05) is 22.6 Å². The van der Waals surface area contributed by atoms with E-state index >= 15 is 0 Å². The number of nitrogens with one attached hydrogen (secondary N) is 1. The number of thioether (sulfide) groups is 1. The summed E-state index contributed by atoms with van der Waals surface area (Å²) in [6.45, 7) is 4.09. The third kappa shape index (κ3) is 4.42. The number of hydrogen-bond acceptors (Lipinski definition) is 7. The van der Waals surface area contributed by atoms with Gasteiger partial charge in [-0.05, 0) is 23.6 Å². The maximum absolute atomic E-state index is 12.4. The fourth-order valence-corrected chi connectivity index (χ4v) is 5.06. The molecule has 9 heteroatoms.